The minimum absolute atomic E-state index is 0.0516. The van der Waals surface area contributed by atoms with Crippen molar-refractivity contribution in [1.82, 2.24) is 14.7 Å². The van der Waals surface area contributed by atoms with Gasteiger partial charge in [-0.1, -0.05) is 18.2 Å². The van der Waals surface area contributed by atoms with E-state index in [2.05, 4.69) is 10.4 Å². The Hall–Kier alpha value is -3.41. The maximum atomic E-state index is 12.8. The van der Waals surface area contributed by atoms with Crippen LogP contribution >= 0.6 is 0 Å². The second kappa shape index (κ2) is 7.91. The number of hydrogen-bond acceptors (Lipinski definition) is 3. The van der Waals surface area contributed by atoms with E-state index in [1.807, 2.05) is 43.0 Å². The number of hydrogen-bond donors (Lipinski definition) is 1. The van der Waals surface area contributed by atoms with E-state index in [-0.39, 0.29) is 11.8 Å². The molecule has 2 heterocycles. The molecule has 0 unspecified atom stereocenters. The van der Waals surface area contributed by atoms with Gasteiger partial charge >= 0.3 is 0 Å². The van der Waals surface area contributed by atoms with E-state index >= 15 is 0 Å². The number of amides is 2. The molecular weight excluding hydrogens is 364 g/mol. The molecule has 0 aliphatic carbocycles. The molecule has 0 saturated carbocycles. The molecule has 1 aliphatic heterocycles. The smallest absolute Gasteiger partial charge is 0.259 e. The first-order chi connectivity index (χ1) is 14.0. The highest BCUT2D eigenvalue weighted by Crippen LogP contribution is 2.20. The number of carbonyl (C=O) groups excluding carboxylic acids is 2. The van der Waals surface area contributed by atoms with Crippen LogP contribution in [0.5, 0.6) is 0 Å². The highest BCUT2D eigenvalue weighted by molar-refractivity contribution is 6.05. The normalized spacial score (nSPS) is 13.5. The molecule has 2 aromatic carbocycles. The van der Waals surface area contributed by atoms with Crippen molar-refractivity contribution in [2.75, 3.05) is 18.4 Å². The molecule has 0 spiro atoms. The summed E-state index contributed by atoms with van der Waals surface area (Å²) >= 11 is 0. The molecule has 1 fully saturated rings. The molecule has 1 aromatic heterocycles. The van der Waals surface area contributed by atoms with Gasteiger partial charge in [0.15, 0.2) is 0 Å². The van der Waals surface area contributed by atoms with Crippen molar-refractivity contribution in [2.45, 2.75) is 26.7 Å². The first-order valence-electron chi connectivity index (χ1n) is 9.86. The Labute approximate surface area is 170 Å². The number of carbonyl (C=O) groups is 2. The lowest BCUT2D eigenvalue weighted by molar-refractivity contribution is 0.0792. The molecule has 0 atom stereocenters. The van der Waals surface area contributed by atoms with E-state index in [1.165, 1.54) is 0 Å². The maximum absolute atomic E-state index is 12.8. The molecule has 6 nitrogen and oxygen atoms in total. The van der Waals surface area contributed by atoms with Crippen LogP contribution in [0.2, 0.25) is 0 Å². The Morgan fingerprint density at radius 1 is 0.966 bits per heavy atom. The predicted octanol–water partition coefficient (Wildman–Crippen LogP) is 3.98. The van der Waals surface area contributed by atoms with E-state index < -0.39 is 0 Å². The van der Waals surface area contributed by atoms with Gasteiger partial charge in [0.2, 0.25) is 0 Å². The Kier molecular flexibility index (Phi) is 5.16. The second-order valence-electron chi connectivity index (χ2n) is 7.37. The fourth-order valence-corrected chi connectivity index (χ4v) is 3.67. The molecule has 148 valence electrons. The van der Waals surface area contributed by atoms with Crippen molar-refractivity contribution < 1.29 is 9.59 Å². The zero-order valence-corrected chi connectivity index (χ0v) is 16.7. The molecule has 1 aliphatic rings. The van der Waals surface area contributed by atoms with Crippen LogP contribution in [0.15, 0.2) is 54.7 Å². The number of nitrogens with zero attached hydrogens (tertiary/aromatic N) is 3. The van der Waals surface area contributed by atoms with E-state index in [0.717, 1.165) is 42.9 Å². The van der Waals surface area contributed by atoms with Gasteiger partial charge in [0, 0.05) is 24.3 Å². The van der Waals surface area contributed by atoms with Gasteiger partial charge in [0.05, 0.1) is 23.1 Å². The van der Waals surface area contributed by atoms with Crippen LogP contribution in [0.1, 0.15) is 44.8 Å². The van der Waals surface area contributed by atoms with Gasteiger partial charge in [0.25, 0.3) is 11.8 Å². The molecule has 1 saturated heterocycles. The highest BCUT2D eigenvalue weighted by atomic mass is 16.2. The fraction of sp³-hybridized carbons (Fsp3) is 0.261. The molecule has 1 N–H and O–H groups in total. The van der Waals surface area contributed by atoms with E-state index in [4.69, 9.17) is 0 Å². The van der Waals surface area contributed by atoms with E-state index in [1.54, 1.807) is 35.1 Å². The van der Waals surface area contributed by atoms with Crippen molar-refractivity contribution in [3.8, 4) is 5.69 Å². The van der Waals surface area contributed by atoms with Gasteiger partial charge in [0.1, 0.15) is 0 Å². The topological polar surface area (TPSA) is 67.2 Å². The number of benzene rings is 2. The number of nitrogens with one attached hydrogen (secondary N) is 1. The number of likely N-dealkylation sites (tertiary alicyclic amines) is 1. The monoisotopic (exact) mass is 388 g/mol. The molecule has 0 bridgehead atoms. The van der Waals surface area contributed by atoms with E-state index in [0.29, 0.717) is 16.8 Å². The number of anilines is 1. The summed E-state index contributed by atoms with van der Waals surface area (Å²) in [5.41, 5.74) is 4.63. The third-order valence-corrected chi connectivity index (χ3v) is 5.38. The highest BCUT2D eigenvalue weighted by Gasteiger charge is 2.20. The third-order valence-electron chi connectivity index (χ3n) is 5.38. The summed E-state index contributed by atoms with van der Waals surface area (Å²) in [7, 11) is 0. The van der Waals surface area contributed by atoms with Crippen LogP contribution in [0.3, 0.4) is 0 Å². The van der Waals surface area contributed by atoms with Crippen LogP contribution < -0.4 is 5.32 Å². The van der Waals surface area contributed by atoms with Gasteiger partial charge in [-0.3, -0.25) is 9.59 Å². The van der Waals surface area contributed by atoms with E-state index in [9.17, 15) is 9.59 Å². The molecule has 6 heteroatoms. The third kappa shape index (κ3) is 3.78. The summed E-state index contributed by atoms with van der Waals surface area (Å²) in [4.78, 5) is 27.1. The largest absolute Gasteiger partial charge is 0.339 e. The summed E-state index contributed by atoms with van der Waals surface area (Å²) in [6.07, 6.45) is 3.72. The van der Waals surface area contributed by atoms with Gasteiger partial charge in [-0.05, 0) is 62.6 Å². The average molecular weight is 388 g/mol. The summed E-state index contributed by atoms with van der Waals surface area (Å²) in [6, 6.07) is 15.0. The predicted molar refractivity (Wildman–Crippen MR) is 113 cm³/mol. The first-order valence-corrected chi connectivity index (χ1v) is 9.86. The minimum Gasteiger partial charge on any atom is -0.339 e. The lowest BCUT2D eigenvalue weighted by atomic mass is 10.1. The second-order valence-corrected chi connectivity index (χ2v) is 7.37. The number of aromatic nitrogens is 2. The van der Waals surface area contributed by atoms with Crippen molar-refractivity contribution >= 4 is 17.5 Å². The van der Waals surface area contributed by atoms with Gasteiger partial charge in [-0.15, -0.1) is 0 Å². The number of rotatable bonds is 4. The molecule has 29 heavy (non-hydrogen) atoms. The first kappa shape index (κ1) is 18.9. The van der Waals surface area contributed by atoms with Crippen LogP contribution in [0.4, 0.5) is 5.69 Å². The Morgan fingerprint density at radius 2 is 1.66 bits per heavy atom. The SMILES string of the molecule is Cc1ccccc1-n1ncc(C(=O)Nc2ccc(C(=O)N3CCCC3)cc2)c1C. The van der Waals surface area contributed by atoms with Crippen LogP contribution in [-0.2, 0) is 0 Å². The number of aryl methyl sites for hydroxylation is 1. The van der Waals surface area contributed by atoms with Crippen molar-refractivity contribution in [2.24, 2.45) is 0 Å². The van der Waals surface area contributed by atoms with Crippen LogP contribution in [-0.4, -0.2) is 39.6 Å². The molecule has 3 aromatic rings. The summed E-state index contributed by atoms with van der Waals surface area (Å²) in [5.74, 6) is -0.170. The van der Waals surface area contributed by atoms with Crippen LogP contribution in [0, 0.1) is 13.8 Å². The van der Waals surface area contributed by atoms with Crippen molar-refractivity contribution in [3.63, 3.8) is 0 Å². The Bertz CT molecular complexity index is 1050. The zero-order chi connectivity index (χ0) is 20.4. The Balaban J connectivity index is 1.48. The van der Waals surface area contributed by atoms with Gasteiger partial charge in [-0.2, -0.15) is 5.10 Å². The lowest BCUT2D eigenvalue weighted by Gasteiger charge is -2.15. The fourth-order valence-electron chi connectivity index (χ4n) is 3.67. The molecule has 2 amide bonds. The number of para-hydroxylation sites is 1. The zero-order valence-electron chi connectivity index (χ0n) is 16.7. The maximum Gasteiger partial charge on any atom is 0.259 e. The standard InChI is InChI=1S/C23H24N4O2/c1-16-7-3-4-8-21(16)27-17(2)20(15-24-27)22(28)25-19-11-9-18(10-12-19)23(29)26-13-5-6-14-26/h3-4,7-12,15H,5-6,13-14H2,1-2H3,(H,25,28). The average Bonchev–Trinajstić information content (AvgIpc) is 3.39. The molecular formula is C23H24N4O2. The summed E-state index contributed by atoms with van der Waals surface area (Å²) in [5, 5.41) is 7.29. The van der Waals surface area contributed by atoms with Gasteiger partial charge in [-0.25, -0.2) is 4.68 Å². The van der Waals surface area contributed by atoms with Gasteiger partial charge < -0.3 is 10.2 Å². The quantitative estimate of drug-likeness (QED) is 0.735. The summed E-state index contributed by atoms with van der Waals surface area (Å²) in [6.45, 7) is 5.54. The van der Waals surface area contributed by atoms with Crippen molar-refractivity contribution in [1.29, 1.82) is 0 Å². The Morgan fingerprint density at radius 3 is 2.34 bits per heavy atom. The molecule has 4 rings (SSSR count). The lowest BCUT2D eigenvalue weighted by Crippen LogP contribution is -2.27. The summed E-state index contributed by atoms with van der Waals surface area (Å²) < 4.78 is 1.78. The minimum atomic E-state index is -0.221. The van der Waals surface area contributed by atoms with Crippen LogP contribution in [0.25, 0.3) is 5.69 Å². The molecule has 0 radical (unpaired) electrons. The van der Waals surface area contributed by atoms with Crippen molar-refractivity contribution in [3.05, 3.63) is 77.1 Å².